The molecule has 0 saturated heterocycles. The first kappa shape index (κ1) is 26.7. The van der Waals surface area contributed by atoms with Crippen molar-refractivity contribution in [2.45, 2.75) is 59.2 Å². The standard InChI is InChI=1S/2C9H19NO3/c1-9(2,3)13-8(11)10(4)6-7-12-5;1-9(2,3)13-8(12)10(4)6-5-7-11/h6-7H2,1-5H3;11H,5-7H2,1-4H3. The lowest BCUT2D eigenvalue weighted by Gasteiger charge is -2.24. The summed E-state index contributed by atoms with van der Waals surface area (Å²) in [4.78, 5) is 25.6. The van der Waals surface area contributed by atoms with Crippen molar-refractivity contribution in [1.29, 1.82) is 0 Å². The minimum Gasteiger partial charge on any atom is -0.444 e. The zero-order valence-corrected chi connectivity index (χ0v) is 17.9. The third-order valence-electron chi connectivity index (χ3n) is 2.69. The first-order chi connectivity index (χ1) is 11.7. The van der Waals surface area contributed by atoms with Crippen LogP contribution in [-0.4, -0.2) is 85.8 Å². The Kier molecular flexibility index (Phi) is 13.1. The molecule has 0 aromatic rings. The molecule has 1 N–H and O–H groups in total. The maximum atomic E-state index is 11.3. The molecule has 0 unspecified atom stereocenters. The van der Waals surface area contributed by atoms with Crippen molar-refractivity contribution in [2.75, 3.05) is 47.5 Å². The predicted octanol–water partition coefficient (Wildman–Crippen LogP) is 2.74. The van der Waals surface area contributed by atoms with E-state index in [-0.39, 0.29) is 18.8 Å². The van der Waals surface area contributed by atoms with Gasteiger partial charge >= 0.3 is 12.2 Å². The number of carbonyl (C=O) groups excluding carboxylic acids is 2. The Bertz CT molecular complexity index is 363. The van der Waals surface area contributed by atoms with Crippen molar-refractivity contribution >= 4 is 12.2 Å². The molecule has 0 aromatic heterocycles. The summed E-state index contributed by atoms with van der Waals surface area (Å²) in [7, 11) is 4.94. The van der Waals surface area contributed by atoms with Crippen LogP contribution in [0.1, 0.15) is 48.0 Å². The number of likely N-dealkylation sites (N-methyl/N-ethyl adjacent to an activating group) is 1. The van der Waals surface area contributed by atoms with Crippen LogP contribution in [0.3, 0.4) is 0 Å². The Balaban J connectivity index is 0. The maximum Gasteiger partial charge on any atom is 0.410 e. The third-order valence-corrected chi connectivity index (χ3v) is 2.69. The number of ether oxygens (including phenoxy) is 3. The summed E-state index contributed by atoms with van der Waals surface area (Å²) in [6, 6.07) is 0. The lowest BCUT2D eigenvalue weighted by Crippen LogP contribution is -2.35. The summed E-state index contributed by atoms with van der Waals surface area (Å²) in [5, 5.41) is 8.55. The molecule has 0 fully saturated rings. The van der Waals surface area contributed by atoms with Gasteiger partial charge in [0.2, 0.25) is 0 Å². The van der Waals surface area contributed by atoms with Crippen LogP contribution in [0, 0.1) is 0 Å². The van der Waals surface area contributed by atoms with E-state index in [4.69, 9.17) is 19.3 Å². The summed E-state index contributed by atoms with van der Waals surface area (Å²) in [5.74, 6) is 0. The smallest absolute Gasteiger partial charge is 0.410 e. The Hall–Kier alpha value is -1.54. The van der Waals surface area contributed by atoms with Crippen LogP contribution < -0.4 is 0 Å². The van der Waals surface area contributed by atoms with Gasteiger partial charge in [0.1, 0.15) is 11.2 Å². The van der Waals surface area contributed by atoms with Crippen LogP contribution in [0.15, 0.2) is 0 Å². The molecule has 0 bridgehead atoms. The number of nitrogens with zero attached hydrogens (tertiary/aromatic N) is 2. The molecular formula is C18H38N2O6. The number of hydrogen-bond donors (Lipinski definition) is 1. The van der Waals surface area contributed by atoms with Crippen molar-refractivity contribution in [3.63, 3.8) is 0 Å². The van der Waals surface area contributed by atoms with Gasteiger partial charge in [0.05, 0.1) is 6.61 Å². The zero-order chi connectivity index (χ0) is 21.0. The van der Waals surface area contributed by atoms with Crippen LogP contribution >= 0.6 is 0 Å². The van der Waals surface area contributed by atoms with Gasteiger partial charge in [0, 0.05) is 40.9 Å². The molecule has 0 aromatic carbocycles. The quantitative estimate of drug-likeness (QED) is 0.764. The lowest BCUT2D eigenvalue weighted by atomic mass is 10.2. The molecule has 0 atom stereocenters. The van der Waals surface area contributed by atoms with E-state index in [2.05, 4.69) is 0 Å². The largest absolute Gasteiger partial charge is 0.444 e. The van der Waals surface area contributed by atoms with E-state index < -0.39 is 11.2 Å². The van der Waals surface area contributed by atoms with Gasteiger partial charge in [-0.15, -0.1) is 0 Å². The highest BCUT2D eigenvalue weighted by molar-refractivity contribution is 5.68. The van der Waals surface area contributed by atoms with Gasteiger partial charge in [-0.25, -0.2) is 9.59 Å². The highest BCUT2D eigenvalue weighted by Crippen LogP contribution is 2.09. The normalized spacial score (nSPS) is 11.2. The molecule has 0 rings (SSSR count). The fraction of sp³-hybridized carbons (Fsp3) is 0.889. The monoisotopic (exact) mass is 378 g/mol. The van der Waals surface area contributed by atoms with Crippen LogP contribution in [-0.2, 0) is 14.2 Å². The first-order valence-corrected chi connectivity index (χ1v) is 8.71. The summed E-state index contributed by atoms with van der Waals surface area (Å²) in [6.07, 6.45) is -0.0825. The van der Waals surface area contributed by atoms with E-state index in [9.17, 15) is 9.59 Å². The molecule has 0 aliphatic heterocycles. The number of aliphatic hydroxyl groups excluding tert-OH is 1. The Morgan fingerprint density at radius 3 is 1.54 bits per heavy atom. The molecule has 156 valence electrons. The first-order valence-electron chi connectivity index (χ1n) is 8.71. The average molecular weight is 379 g/mol. The second kappa shape index (κ2) is 12.8. The van der Waals surface area contributed by atoms with Gasteiger partial charge in [-0.2, -0.15) is 0 Å². The Morgan fingerprint density at radius 1 is 0.846 bits per heavy atom. The van der Waals surface area contributed by atoms with Crippen molar-refractivity contribution in [1.82, 2.24) is 9.80 Å². The molecule has 26 heavy (non-hydrogen) atoms. The molecule has 0 aliphatic rings. The molecule has 0 saturated carbocycles. The summed E-state index contributed by atoms with van der Waals surface area (Å²) < 4.78 is 15.1. The number of rotatable bonds is 6. The van der Waals surface area contributed by atoms with Crippen molar-refractivity contribution < 1.29 is 28.9 Å². The van der Waals surface area contributed by atoms with Crippen molar-refractivity contribution in [3.8, 4) is 0 Å². The fourth-order valence-electron chi connectivity index (χ4n) is 1.40. The second-order valence-electron chi connectivity index (χ2n) is 7.87. The molecule has 0 spiro atoms. The summed E-state index contributed by atoms with van der Waals surface area (Å²) in [5.41, 5.74) is -0.886. The van der Waals surface area contributed by atoms with Crippen LogP contribution in [0.4, 0.5) is 9.59 Å². The predicted molar refractivity (Wildman–Crippen MR) is 101 cm³/mol. The summed E-state index contributed by atoms with van der Waals surface area (Å²) >= 11 is 0. The molecule has 0 radical (unpaired) electrons. The van der Waals surface area contributed by atoms with E-state index >= 15 is 0 Å². The molecule has 8 heteroatoms. The van der Waals surface area contributed by atoms with Crippen LogP contribution in [0.5, 0.6) is 0 Å². The summed E-state index contributed by atoms with van der Waals surface area (Å²) in [6.45, 7) is 12.7. The van der Waals surface area contributed by atoms with Gasteiger partial charge in [-0.3, -0.25) is 0 Å². The molecule has 2 amide bonds. The highest BCUT2D eigenvalue weighted by Gasteiger charge is 2.19. The number of aliphatic hydroxyl groups is 1. The maximum absolute atomic E-state index is 11.3. The number of amides is 2. The molecular weight excluding hydrogens is 340 g/mol. The van der Waals surface area contributed by atoms with E-state index in [1.807, 2.05) is 41.5 Å². The number of methoxy groups -OCH3 is 1. The Labute approximate surface area is 158 Å². The SMILES string of the molecule is CN(CCCO)C(=O)OC(C)(C)C.COCCN(C)C(=O)OC(C)(C)C. The van der Waals surface area contributed by atoms with E-state index in [0.29, 0.717) is 26.1 Å². The van der Waals surface area contributed by atoms with Gasteiger partial charge in [0.15, 0.2) is 0 Å². The third kappa shape index (κ3) is 17.3. The number of carbonyl (C=O) groups is 2. The average Bonchev–Trinajstić information content (AvgIpc) is 2.47. The molecule has 0 aliphatic carbocycles. The van der Waals surface area contributed by atoms with E-state index in [1.54, 1.807) is 21.2 Å². The van der Waals surface area contributed by atoms with Crippen LogP contribution in [0.25, 0.3) is 0 Å². The minimum absolute atomic E-state index is 0.0904. The van der Waals surface area contributed by atoms with Gasteiger partial charge in [-0.1, -0.05) is 0 Å². The lowest BCUT2D eigenvalue weighted by molar-refractivity contribution is 0.0254. The highest BCUT2D eigenvalue weighted by atomic mass is 16.6. The number of hydrogen-bond acceptors (Lipinski definition) is 6. The van der Waals surface area contributed by atoms with Gasteiger partial charge < -0.3 is 29.1 Å². The fourth-order valence-corrected chi connectivity index (χ4v) is 1.40. The second-order valence-corrected chi connectivity index (χ2v) is 7.87. The van der Waals surface area contributed by atoms with Gasteiger partial charge in [0.25, 0.3) is 0 Å². The minimum atomic E-state index is -0.454. The van der Waals surface area contributed by atoms with Crippen molar-refractivity contribution in [2.24, 2.45) is 0 Å². The van der Waals surface area contributed by atoms with Crippen LogP contribution in [0.2, 0.25) is 0 Å². The van der Waals surface area contributed by atoms with E-state index in [0.717, 1.165) is 0 Å². The zero-order valence-electron chi connectivity index (χ0n) is 17.9. The van der Waals surface area contributed by atoms with Gasteiger partial charge in [-0.05, 0) is 48.0 Å². The van der Waals surface area contributed by atoms with Crippen molar-refractivity contribution in [3.05, 3.63) is 0 Å². The molecule has 0 heterocycles. The molecule has 8 nitrogen and oxygen atoms in total. The topological polar surface area (TPSA) is 88.5 Å². The van der Waals surface area contributed by atoms with E-state index in [1.165, 1.54) is 9.80 Å². The Morgan fingerprint density at radius 2 is 1.23 bits per heavy atom.